The second-order valence-corrected chi connectivity index (χ2v) is 6.99. The van der Waals surface area contributed by atoms with E-state index in [4.69, 9.17) is 4.84 Å². The summed E-state index contributed by atoms with van der Waals surface area (Å²) >= 11 is 0. The van der Waals surface area contributed by atoms with E-state index in [2.05, 4.69) is 32.2 Å². The molecule has 5 rings (SSSR count). The summed E-state index contributed by atoms with van der Waals surface area (Å²) in [5, 5.41) is 13.9. The molecule has 0 N–H and O–H groups in total. The summed E-state index contributed by atoms with van der Waals surface area (Å²) in [6.45, 7) is 4.12. The Morgan fingerprint density at radius 3 is 2.63 bits per heavy atom. The van der Waals surface area contributed by atoms with Crippen molar-refractivity contribution >= 4 is 22.4 Å². The van der Waals surface area contributed by atoms with Crippen LogP contribution in [0.3, 0.4) is 0 Å². The minimum Gasteiger partial charge on any atom is -0.387 e. The molecule has 8 heteroatoms. The summed E-state index contributed by atoms with van der Waals surface area (Å²) < 4.78 is 3.43. The number of rotatable bonds is 5. The molecule has 0 radical (unpaired) electrons. The molecule has 0 fully saturated rings. The van der Waals surface area contributed by atoms with Gasteiger partial charge in [-0.2, -0.15) is 5.10 Å². The fraction of sp³-hybridized carbons (Fsp3) is 0.136. The van der Waals surface area contributed by atoms with Gasteiger partial charge in [0.05, 0.1) is 23.0 Å². The number of fused-ring (bicyclic) bond motifs is 3. The SMILES string of the molecule is CC(=NOCc1nc2c3cnn(-c4ccc(C)cc4)c3ncn2n1)c1ccccc1. The molecule has 0 saturated heterocycles. The third kappa shape index (κ3) is 3.28. The van der Waals surface area contributed by atoms with Crippen LogP contribution in [0.15, 0.2) is 72.3 Å². The van der Waals surface area contributed by atoms with Gasteiger partial charge < -0.3 is 4.84 Å². The van der Waals surface area contributed by atoms with E-state index in [-0.39, 0.29) is 6.61 Å². The molecule has 0 atom stereocenters. The van der Waals surface area contributed by atoms with E-state index in [1.807, 2.05) is 61.5 Å². The Labute approximate surface area is 172 Å². The average molecular weight is 397 g/mol. The summed E-state index contributed by atoms with van der Waals surface area (Å²) in [5.74, 6) is 0.525. The summed E-state index contributed by atoms with van der Waals surface area (Å²) in [5.41, 5.74) is 5.35. The quantitative estimate of drug-likeness (QED) is 0.333. The van der Waals surface area contributed by atoms with Crippen molar-refractivity contribution in [2.45, 2.75) is 20.5 Å². The van der Waals surface area contributed by atoms with Gasteiger partial charge in [-0.3, -0.25) is 0 Å². The third-order valence-corrected chi connectivity index (χ3v) is 4.81. The van der Waals surface area contributed by atoms with Crippen LogP contribution in [0.25, 0.3) is 22.4 Å². The zero-order chi connectivity index (χ0) is 20.5. The lowest BCUT2D eigenvalue weighted by atomic mass is 10.1. The lowest BCUT2D eigenvalue weighted by molar-refractivity contribution is 0.125. The number of benzene rings is 2. The largest absolute Gasteiger partial charge is 0.387 e. The van der Waals surface area contributed by atoms with Crippen LogP contribution in [0, 0.1) is 6.92 Å². The van der Waals surface area contributed by atoms with E-state index in [1.54, 1.807) is 21.7 Å². The fourth-order valence-electron chi connectivity index (χ4n) is 3.22. The highest BCUT2D eigenvalue weighted by Crippen LogP contribution is 2.20. The van der Waals surface area contributed by atoms with Crippen molar-refractivity contribution in [1.29, 1.82) is 0 Å². The van der Waals surface area contributed by atoms with Gasteiger partial charge in [0.15, 0.2) is 23.7 Å². The van der Waals surface area contributed by atoms with Crippen LogP contribution >= 0.6 is 0 Å². The Kier molecular flexibility index (Phi) is 4.44. The Hall–Kier alpha value is -4.07. The van der Waals surface area contributed by atoms with E-state index < -0.39 is 0 Å². The Balaban J connectivity index is 1.42. The normalized spacial score (nSPS) is 12.0. The molecule has 3 heterocycles. The fourth-order valence-corrected chi connectivity index (χ4v) is 3.22. The molecule has 0 spiro atoms. The molecule has 0 aliphatic rings. The van der Waals surface area contributed by atoms with Crippen molar-refractivity contribution < 1.29 is 4.84 Å². The van der Waals surface area contributed by atoms with E-state index in [1.165, 1.54) is 5.56 Å². The smallest absolute Gasteiger partial charge is 0.192 e. The second kappa shape index (κ2) is 7.40. The van der Waals surface area contributed by atoms with Gasteiger partial charge in [-0.05, 0) is 31.5 Å². The van der Waals surface area contributed by atoms with Crippen LogP contribution in [0.4, 0.5) is 0 Å². The first kappa shape index (κ1) is 18.0. The predicted octanol–water partition coefficient (Wildman–Crippen LogP) is 3.71. The summed E-state index contributed by atoms with van der Waals surface area (Å²) in [7, 11) is 0. The third-order valence-electron chi connectivity index (χ3n) is 4.81. The molecule has 0 amide bonds. The van der Waals surface area contributed by atoms with E-state index in [9.17, 15) is 0 Å². The first-order chi connectivity index (χ1) is 14.7. The molecule has 5 aromatic rings. The van der Waals surface area contributed by atoms with Crippen LogP contribution in [-0.2, 0) is 11.4 Å². The van der Waals surface area contributed by atoms with Crippen molar-refractivity contribution in [2.75, 3.05) is 0 Å². The van der Waals surface area contributed by atoms with Crippen molar-refractivity contribution in [1.82, 2.24) is 29.4 Å². The molecule has 2 aromatic carbocycles. The monoisotopic (exact) mass is 397 g/mol. The molecule has 3 aromatic heterocycles. The Bertz CT molecular complexity index is 1350. The summed E-state index contributed by atoms with van der Waals surface area (Å²) in [6.07, 6.45) is 3.40. The maximum Gasteiger partial charge on any atom is 0.192 e. The highest BCUT2D eigenvalue weighted by Gasteiger charge is 2.13. The zero-order valence-electron chi connectivity index (χ0n) is 16.6. The van der Waals surface area contributed by atoms with Gasteiger partial charge in [0, 0.05) is 0 Å². The van der Waals surface area contributed by atoms with E-state index >= 15 is 0 Å². The first-order valence-electron chi connectivity index (χ1n) is 9.56. The number of nitrogens with zero attached hydrogens (tertiary/aromatic N) is 7. The molecule has 8 nitrogen and oxygen atoms in total. The van der Waals surface area contributed by atoms with Crippen LogP contribution in [0.2, 0.25) is 0 Å². The Morgan fingerprint density at radius 1 is 1.03 bits per heavy atom. The topological polar surface area (TPSA) is 82.5 Å². The molecule has 0 aliphatic heterocycles. The minimum absolute atomic E-state index is 0.166. The molecule has 0 unspecified atom stereocenters. The molecule has 0 aliphatic carbocycles. The molecular weight excluding hydrogens is 378 g/mol. The lowest BCUT2D eigenvalue weighted by Crippen LogP contribution is -1.99. The van der Waals surface area contributed by atoms with Gasteiger partial charge in [-0.1, -0.05) is 53.2 Å². The van der Waals surface area contributed by atoms with Gasteiger partial charge in [0.1, 0.15) is 6.33 Å². The van der Waals surface area contributed by atoms with Crippen LogP contribution in [-0.4, -0.2) is 35.1 Å². The standard InChI is InChI=1S/C22H19N7O/c1-15-8-10-18(11-9-15)29-21-19(12-24-29)22-25-20(26-28(22)14-23-21)13-30-27-16(2)17-6-4-3-5-7-17/h3-12,14H,13H2,1-2H3. The number of aromatic nitrogens is 6. The molecule has 30 heavy (non-hydrogen) atoms. The predicted molar refractivity (Wildman–Crippen MR) is 114 cm³/mol. The van der Waals surface area contributed by atoms with Crippen LogP contribution < -0.4 is 0 Å². The van der Waals surface area contributed by atoms with Crippen LogP contribution in [0.5, 0.6) is 0 Å². The van der Waals surface area contributed by atoms with Gasteiger partial charge in [0.2, 0.25) is 0 Å². The van der Waals surface area contributed by atoms with E-state index in [0.29, 0.717) is 11.5 Å². The maximum absolute atomic E-state index is 5.47. The summed E-state index contributed by atoms with van der Waals surface area (Å²) in [4.78, 5) is 14.6. The van der Waals surface area contributed by atoms with Crippen molar-refractivity contribution in [3.8, 4) is 5.69 Å². The highest BCUT2D eigenvalue weighted by molar-refractivity contribution is 5.98. The number of hydrogen-bond donors (Lipinski definition) is 0. The van der Waals surface area contributed by atoms with Crippen molar-refractivity contribution in [3.05, 3.63) is 84.1 Å². The zero-order valence-corrected chi connectivity index (χ0v) is 16.6. The second-order valence-electron chi connectivity index (χ2n) is 6.99. The molecular formula is C22H19N7O. The van der Waals surface area contributed by atoms with Crippen LogP contribution in [0.1, 0.15) is 23.9 Å². The minimum atomic E-state index is 0.166. The molecule has 148 valence electrons. The van der Waals surface area contributed by atoms with Gasteiger partial charge in [-0.15, -0.1) is 5.10 Å². The molecule has 0 saturated carbocycles. The Morgan fingerprint density at radius 2 is 1.83 bits per heavy atom. The van der Waals surface area contributed by atoms with Gasteiger partial charge in [0.25, 0.3) is 0 Å². The van der Waals surface area contributed by atoms with Crippen molar-refractivity contribution in [3.63, 3.8) is 0 Å². The first-order valence-corrected chi connectivity index (χ1v) is 9.56. The van der Waals surface area contributed by atoms with Gasteiger partial charge in [-0.25, -0.2) is 19.2 Å². The van der Waals surface area contributed by atoms with E-state index in [0.717, 1.165) is 28.0 Å². The highest BCUT2D eigenvalue weighted by atomic mass is 16.6. The number of oxime groups is 1. The molecule has 0 bridgehead atoms. The van der Waals surface area contributed by atoms with Gasteiger partial charge >= 0.3 is 0 Å². The lowest BCUT2D eigenvalue weighted by Gasteiger charge is -2.03. The number of aryl methyl sites for hydroxylation is 1. The maximum atomic E-state index is 5.47. The summed E-state index contributed by atoms with van der Waals surface area (Å²) in [6, 6.07) is 18.0. The average Bonchev–Trinajstić information content (AvgIpc) is 3.38. The van der Waals surface area contributed by atoms with Crippen molar-refractivity contribution in [2.24, 2.45) is 5.16 Å². The number of hydrogen-bond acceptors (Lipinski definition) is 6.